The summed E-state index contributed by atoms with van der Waals surface area (Å²) in [6, 6.07) is 14.2. The van der Waals surface area contributed by atoms with Gasteiger partial charge in [-0.1, -0.05) is 24.3 Å². The maximum atomic E-state index is 6.33. The van der Waals surface area contributed by atoms with Crippen LogP contribution in [0.4, 0.5) is 0 Å². The van der Waals surface area contributed by atoms with E-state index in [0.29, 0.717) is 31.3 Å². The molecule has 0 spiro atoms. The van der Waals surface area contributed by atoms with Crippen LogP contribution < -0.4 is 20.1 Å². The van der Waals surface area contributed by atoms with Crippen LogP contribution in [0.15, 0.2) is 48.8 Å². The Hall–Kier alpha value is -3.88. The monoisotopic (exact) mass is 518 g/mol. The number of benzene rings is 2. The van der Waals surface area contributed by atoms with Gasteiger partial charge in [-0.3, -0.25) is 0 Å². The van der Waals surface area contributed by atoms with Gasteiger partial charge in [-0.25, -0.2) is 9.97 Å². The number of hydrogen-bond donors (Lipinski definition) is 4. The lowest BCUT2D eigenvalue weighted by atomic mass is 9.89. The smallest absolute Gasteiger partial charge is 0.128 e. The molecule has 1 saturated carbocycles. The average molecular weight is 519 g/mol. The van der Waals surface area contributed by atoms with Crippen LogP contribution in [0.1, 0.15) is 60.5 Å². The van der Waals surface area contributed by atoms with Crippen LogP contribution in [0.2, 0.25) is 0 Å². The van der Waals surface area contributed by atoms with E-state index >= 15 is 0 Å². The molecule has 9 rings (SSSR count). The number of nitrogens with one attached hydrogen (secondary N) is 4. The summed E-state index contributed by atoms with van der Waals surface area (Å²) < 4.78 is 12.7. The molecule has 39 heavy (non-hydrogen) atoms. The van der Waals surface area contributed by atoms with Crippen LogP contribution in [0, 0.1) is 5.92 Å². The highest BCUT2D eigenvalue weighted by Gasteiger charge is 2.46. The van der Waals surface area contributed by atoms with Crippen molar-refractivity contribution in [1.82, 2.24) is 30.6 Å². The summed E-state index contributed by atoms with van der Waals surface area (Å²) in [4.78, 5) is 16.4. The quantitative estimate of drug-likeness (QED) is 0.303. The Labute approximate surface area is 226 Å². The molecule has 1 aliphatic carbocycles. The first kappa shape index (κ1) is 22.0. The highest BCUT2D eigenvalue weighted by Crippen LogP contribution is 2.47. The minimum Gasteiger partial charge on any atom is -0.488 e. The van der Waals surface area contributed by atoms with Crippen molar-refractivity contribution < 1.29 is 9.47 Å². The molecular weight excluding hydrogens is 488 g/mol. The van der Waals surface area contributed by atoms with E-state index in [2.05, 4.69) is 67.0 Å². The van der Waals surface area contributed by atoms with E-state index in [4.69, 9.17) is 9.47 Å². The van der Waals surface area contributed by atoms with Crippen LogP contribution in [0.3, 0.4) is 0 Å². The molecule has 2 saturated heterocycles. The zero-order valence-electron chi connectivity index (χ0n) is 21.6. The molecule has 8 nitrogen and oxygen atoms in total. The minimum absolute atomic E-state index is 0.324. The SMILES string of the molecule is c1cc2c(cc1-c1cnc([C@@H]3CCCN3)[nH]1)OCC1=C2COc2cc(-c3cnc([C@@H]4C[C@H]5CC5N4)[nH]3)ccc21. The van der Waals surface area contributed by atoms with Crippen molar-refractivity contribution in [2.75, 3.05) is 19.8 Å². The molecule has 5 aliphatic rings. The Balaban J connectivity index is 0.991. The zero-order chi connectivity index (χ0) is 25.5. The van der Waals surface area contributed by atoms with E-state index in [-0.39, 0.29) is 0 Å². The Morgan fingerprint density at radius 2 is 1.38 bits per heavy atom. The summed E-state index contributed by atoms with van der Waals surface area (Å²) >= 11 is 0. The molecule has 196 valence electrons. The fraction of sp³-hybridized carbons (Fsp3) is 0.355. The average Bonchev–Trinajstić information content (AvgIpc) is 3.59. The van der Waals surface area contributed by atoms with Gasteiger partial charge in [-0.15, -0.1) is 0 Å². The van der Waals surface area contributed by atoms with E-state index in [0.717, 1.165) is 75.7 Å². The summed E-state index contributed by atoms with van der Waals surface area (Å²) in [6.45, 7) is 2.12. The van der Waals surface area contributed by atoms with Crippen molar-refractivity contribution in [3.63, 3.8) is 0 Å². The van der Waals surface area contributed by atoms with E-state index < -0.39 is 0 Å². The van der Waals surface area contributed by atoms with Gasteiger partial charge in [0.15, 0.2) is 0 Å². The molecule has 2 aromatic carbocycles. The van der Waals surface area contributed by atoms with E-state index in [9.17, 15) is 0 Å². The second-order valence-corrected chi connectivity index (χ2v) is 11.5. The van der Waals surface area contributed by atoms with Crippen molar-refractivity contribution in [2.24, 2.45) is 5.92 Å². The lowest BCUT2D eigenvalue weighted by Crippen LogP contribution is -2.19. The first-order valence-electron chi connectivity index (χ1n) is 14.1. The van der Waals surface area contributed by atoms with Crippen LogP contribution >= 0.6 is 0 Å². The third-order valence-corrected chi connectivity index (χ3v) is 9.13. The molecule has 8 heteroatoms. The molecule has 4 atom stereocenters. The van der Waals surface area contributed by atoms with Gasteiger partial charge >= 0.3 is 0 Å². The van der Waals surface area contributed by atoms with Crippen LogP contribution in [0.25, 0.3) is 33.7 Å². The number of rotatable bonds is 4. The third-order valence-electron chi connectivity index (χ3n) is 9.13. The van der Waals surface area contributed by atoms with E-state index in [1.807, 2.05) is 12.4 Å². The van der Waals surface area contributed by atoms with E-state index in [1.54, 1.807) is 0 Å². The summed E-state index contributed by atoms with van der Waals surface area (Å²) in [5.41, 5.74) is 8.85. The summed E-state index contributed by atoms with van der Waals surface area (Å²) in [7, 11) is 0. The van der Waals surface area contributed by atoms with Gasteiger partial charge in [0.05, 0.1) is 35.9 Å². The Morgan fingerprint density at radius 1 is 0.744 bits per heavy atom. The second kappa shape index (κ2) is 8.31. The third kappa shape index (κ3) is 3.58. The van der Waals surface area contributed by atoms with Crippen molar-refractivity contribution in [3.05, 3.63) is 71.6 Å². The topological polar surface area (TPSA) is 99.9 Å². The lowest BCUT2D eigenvalue weighted by molar-refractivity contribution is 0.337. The first-order valence-corrected chi connectivity index (χ1v) is 14.1. The number of nitrogens with zero attached hydrogens (tertiary/aromatic N) is 2. The maximum absolute atomic E-state index is 6.33. The maximum Gasteiger partial charge on any atom is 0.128 e. The number of fused-ring (bicyclic) bond motifs is 5. The molecule has 6 heterocycles. The molecule has 4 aliphatic heterocycles. The molecule has 3 fully saturated rings. The Morgan fingerprint density at radius 3 is 1.95 bits per heavy atom. The van der Waals surface area contributed by atoms with Gasteiger partial charge in [-0.2, -0.15) is 0 Å². The number of piperidine rings is 1. The lowest BCUT2D eigenvalue weighted by Gasteiger charge is -2.30. The van der Waals surface area contributed by atoms with E-state index in [1.165, 1.54) is 30.4 Å². The standard InChI is InChI=1S/C31H30N6O2/c1-2-23(32-7-1)30-33-12-26(36-30)16-3-5-19-21-15-39-29-11-17(4-6-20(29)22(21)14-38-28(19)10-16)27-13-34-31(37-27)25-9-18-8-24(18)35-25/h3-6,10-13,18,23-25,32,35H,1-2,7-9,14-15H2,(H,33,36)(H,34,37)/t18-,23+,24?,25+/m1/s1. The number of aromatic nitrogens is 4. The van der Waals surface area contributed by atoms with Gasteiger partial charge in [0, 0.05) is 39.4 Å². The molecule has 0 radical (unpaired) electrons. The number of aromatic amines is 2. The van der Waals surface area contributed by atoms with Crippen molar-refractivity contribution >= 4 is 11.1 Å². The predicted octanol–water partition coefficient (Wildman–Crippen LogP) is 5.01. The highest BCUT2D eigenvalue weighted by atomic mass is 16.5. The number of H-pyrrole nitrogens is 2. The normalized spacial score (nSPS) is 26.4. The number of hydrogen-bond acceptors (Lipinski definition) is 6. The van der Waals surface area contributed by atoms with Crippen molar-refractivity contribution in [2.45, 2.75) is 43.8 Å². The molecule has 0 bridgehead atoms. The molecule has 2 aromatic heterocycles. The van der Waals surface area contributed by atoms with Gasteiger partial charge < -0.3 is 30.1 Å². The van der Waals surface area contributed by atoms with Gasteiger partial charge in [0.1, 0.15) is 36.4 Å². The molecule has 0 amide bonds. The molecule has 1 unspecified atom stereocenters. The first-order chi connectivity index (χ1) is 19.3. The van der Waals surface area contributed by atoms with Gasteiger partial charge in [0.2, 0.25) is 0 Å². The zero-order valence-corrected chi connectivity index (χ0v) is 21.6. The summed E-state index contributed by atoms with van der Waals surface area (Å²) in [5, 5.41) is 7.19. The summed E-state index contributed by atoms with van der Waals surface area (Å²) in [5.74, 6) is 4.69. The number of imidazole rings is 2. The molecular formula is C31H30N6O2. The molecule has 4 N–H and O–H groups in total. The molecule has 4 aromatic rings. The second-order valence-electron chi connectivity index (χ2n) is 11.5. The van der Waals surface area contributed by atoms with Crippen LogP contribution in [-0.2, 0) is 0 Å². The largest absolute Gasteiger partial charge is 0.488 e. The fourth-order valence-electron chi connectivity index (χ4n) is 6.84. The summed E-state index contributed by atoms with van der Waals surface area (Å²) in [6.07, 6.45) is 8.70. The van der Waals surface area contributed by atoms with Crippen LogP contribution in [-0.4, -0.2) is 45.7 Å². The van der Waals surface area contributed by atoms with Gasteiger partial charge in [0.25, 0.3) is 0 Å². The minimum atomic E-state index is 0.324. The van der Waals surface area contributed by atoms with Crippen molar-refractivity contribution in [3.8, 4) is 34.0 Å². The number of ether oxygens (including phenoxy) is 2. The van der Waals surface area contributed by atoms with Crippen LogP contribution in [0.5, 0.6) is 11.5 Å². The Bertz CT molecular complexity index is 1630. The fourth-order valence-corrected chi connectivity index (χ4v) is 6.84. The van der Waals surface area contributed by atoms with Gasteiger partial charge in [-0.05, 0) is 50.3 Å². The Kier molecular flexibility index (Phi) is 4.68. The van der Waals surface area contributed by atoms with Crippen molar-refractivity contribution in [1.29, 1.82) is 0 Å². The highest BCUT2D eigenvalue weighted by molar-refractivity contribution is 5.98. The predicted molar refractivity (Wildman–Crippen MR) is 148 cm³/mol.